The summed E-state index contributed by atoms with van der Waals surface area (Å²) in [6, 6.07) is 5.16. The summed E-state index contributed by atoms with van der Waals surface area (Å²) in [5.41, 5.74) is 13.7. The summed E-state index contributed by atoms with van der Waals surface area (Å²) in [5.74, 6) is -2.91. The Morgan fingerprint density at radius 3 is 2.31 bits per heavy atom. The minimum absolute atomic E-state index is 0.0138. The van der Waals surface area contributed by atoms with E-state index in [1.165, 1.54) is 12.1 Å². The van der Waals surface area contributed by atoms with E-state index in [9.17, 15) is 19.5 Å². The number of carboxylic acid groups (broad SMARTS) is 2. The number of aromatic nitrogens is 4. The highest BCUT2D eigenvalue weighted by atomic mass is 16.4. The maximum Gasteiger partial charge on any atom is 0.326 e. The van der Waals surface area contributed by atoms with Crippen molar-refractivity contribution in [3.8, 4) is 0 Å². The highest BCUT2D eigenvalue weighted by Gasteiger charge is 2.21. The number of carbonyl (C=O) groups is 3. The molecule has 35 heavy (non-hydrogen) atoms. The third kappa shape index (κ3) is 7.22. The molecule has 1 aromatic carbocycles. The highest BCUT2D eigenvalue weighted by molar-refractivity contribution is 5.97. The molecular formula is C22H28N8O5. The molecule has 7 N–H and O–H groups in total. The van der Waals surface area contributed by atoms with E-state index in [0.717, 1.165) is 5.69 Å². The molecule has 1 unspecified atom stereocenters. The van der Waals surface area contributed by atoms with Crippen LogP contribution in [0, 0.1) is 0 Å². The standard InChI is InChI=1S/C20H22N8O5.C2H6/c1-28(9-11-8-23-17-15(24-11)16(21)26-20(22)27-17)12-4-2-10(3-5-12)18(31)25-13(19(32)33)6-7-14(29)30;1-2/h2-5,8,13H,6-7,9H2,1H3,(H,25,31)(H,29,30)(H,32,33)(H4,21,22,23,26,27);1-2H3. The zero-order chi connectivity index (χ0) is 26.1. The molecule has 0 saturated carbocycles. The van der Waals surface area contributed by atoms with Crippen molar-refractivity contribution in [2.45, 2.75) is 39.3 Å². The number of nitrogens with zero attached hydrogens (tertiary/aromatic N) is 5. The first-order valence-corrected chi connectivity index (χ1v) is 10.8. The number of carbonyl (C=O) groups excluding carboxylic acids is 1. The van der Waals surface area contributed by atoms with Gasteiger partial charge in [-0.25, -0.2) is 14.8 Å². The summed E-state index contributed by atoms with van der Waals surface area (Å²) in [4.78, 5) is 52.7. The predicted octanol–water partition coefficient (Wildman–Crippen LogP) is 1.29. The van der Waals surface area contributed by atoms with Crippen LogP contribution >= 0.6 is 0 Å². The summed E-state index contributed by atoms with van der Waals surface area (Å²) in [7, 11) is 1.82. The second kappa shape index (κ2) is 12.1. The molecule has 0 aliphatic heterocycles. The van der Waals surface area contributed by atoms with Crippen molar-refractivity contribution in [2.75, 3.05) is 23.4 Å². The van der Waals surface area contributed by atoms with Crippen LogP contribution in [-0.2, 0) is 16.1 Å². The molecule has 0 aliphatic carbocycles. The first kappa shape index (κ1) is 26.7. The molecular weight excluding hydrogens is 456 g/mol. The molecule has 0 saturated heterocycles. The molecule has 13 nitrogen and oxygen atoms in total. The lowest BCUT2D eigenvalue weighted by atomic mass is 10.1. The van der Waals surface area contributed by atoms with Gasteiger partial charge >= 0.3 is 11.9 Å². The minimum Gasteiger partial charge on any atom is -0.481 e. The van der Waals surface area contributed by atoms with E-state index in [0.29, 0.717) is 23.4 Å². The molecule has 0 radical (unpaired) electrons. The van der Waals surface area contributed by atoms with E-state index < -0.39 is 23.9 Å². The number of carboxylic acids is 2. The zero-order valence-electron chi connectivity index (χ0n) is 19.6. The Labute approximate surface area is 201 Å². The molecule has 1 atom stereocenters. The molecule has 3 aromatic rings. The average molecular weight is 485 g/mol. The van der Waals surface area contributed by atoms with Crippen LogP contribution in [0.1, 0.15) is 42.7 Å². The van der Waals surface area contributed by atoms with Gasteiger partial charge in [0, 0.05) is 24.7 Å². The van der Waals surface area contributed by atoms with Crippen molar-refractivity contribution in [3.63, 3.8) is 0 Å². The van der Waals surface area contributed by atoms with Gasteiger partial charge in [-0.15, -0.1) is 0 Å². The molecule has 2 aromatic heterocycles. The number of aliphatic carboxylic acids is 2. The van der Waals surface area contributed by atoms with Gasteiger partial charge in [0.25, 0.3) is 5.91 Å². The maximum absolute atomic E-state index is 12.4. The molecule has 0 spiro atoms. The smallest absolute Gasteiger partial charge is 0.326 e. The van der Waals surface area contributed by atoms with Gasteiger partial charge in [0.1, 0.15) is 6.04 Å². The van der Waals surface area contributed by atoms with Gasteiger partial charge in [-0.2, -0.15) is 9.97 Å². The number of nitrogens with two attached hydrogens (primary N) is 2. The Bertz CT molecular complexity index is 1200. The average Bonchev–Trinajstić information content (AvgIpc) is 2.83. The number of nitrogen functional groups attached to an aromatic ring is 2. The molecule has 186 valence electrons. The quantitative estimate of drug-likeness (QED) is 0.291. The van der Waals surface area contributed by atoms with Gasteiger partial charge in [0.2, 0.25) is 5.95 Å². The summed E-state index contributed by atoms with van der Waals surface area (Å²) in [5, 5.41) is 20.2. The van der Waals surface area contributed by atoms with Gasteiger partial charge < -0.3 is 31.9 Å². The number of benzene rings is 1. The summed E-state index contributed by atoms with van der Waals surface area (Å²) >= 11 is 0. The lowest BCUT2D eigenvalue weighted by Crippen LogP contribution is -2.41. The van der Waals surface area contributed by atoms with Crippen LogP contribution in [0.15, 0.2) is 30.5 Å². The van der Waals surface area contributed by atoms with Crippen LogP contribution in [-0.4, -0.2) is 61.1 Å². The largest absolute Gasteiger partial charge is 0.481 e. The van der Waals surface area contributed by atoms with E-state index in [-0.39, 0.29) is 30.2 Å². The zero-order valence-corrected chi connectivity index (χ0v) is 19.6. The number of nitrogens with one attached hydrogen (secondary N) is 1. The first-order chi connectivity index (χ1) is 16.6. The molecule has 2 heterocycles. The Morgan fingerprint density at radius 1 is 1.06 bits per heavy atom. The van der Waals surface area contributed by atoms with Gasteiger partial charge in [-0.1, -0.05) is 13.8 Å². The fraction of sp³-hybridized carbons (Fsp3) is 0.318. The number of amides is 1. The molecule has 3 rings (SSSR count). The Kier molecular flexibility index (Phi) is 9.20. The van der Waals surface area contributed by atoms with Crippen molar-refractivity contribution in [2.24, 2.45) is 0 Å². The normalized spacial score (nSPS) is 11.2. The maximum atomic E-state index is 12.4. The van der Waals surface area contributed by atoms with Gasteiger partial charge in [-0.3, -0.25) is 9.59 Å². The lowest BCUT2D eigenvalue weighted by Gasteiger charge is -2.19. The van der Waals surface area contributed by atoms with Crippen LogP contribution in [0.3, 0.4) is 0 Å². The highest BCUT2D eigenvalue weighted by Crippen LogP contribution is 2.19. The molecule has 13 heteroatoms. The molecule has 0 aliphatic rings. The van der Waals surface area contributed by atoms with Crippen molar-refractivity contribution in [1.82, 2.24) is 25.3 Å². The fourth-order valence-corrected chi connectivity index (χ4v) is 3.03. The number of hydrogen-bond donors (Lipinski definition) is 5. The number of fused-ring (bicyclic) bond motifs is 1. The molecule has 0 bridgehead atoms. The van der Waals surface area contributed by atoms with Crippen molar-refractivity contribution >= 4 is 46.5 Å². The van der Waals surface area contributed by atoms with Gasteiger partial charge in [0.15, 0.2) is 17.0 Å². The topological polar surface area (TPSA) is 211 Å². The number of rotatable bonds is 9. The van der Waals surface area contributed by atoms with Crippen LogP contribution in [0.2, 0.25) is 0 Å². The van der Waals surface area contributed by atoms with Crippen LogP contribution in [0.25, 0.3) is 11.2 Å². The predicted molar refractivity (Wildman–Crippen MR) is 130 cm³/mol. The van der Waals surface area contributed by atoms with E-state index in [2.05, 4.69) is 25.3 Å². The molecule has 0 fully saturated rings. The fourth-order valence-electron chi connectivity index (χ4n) is 3.03. The monoisotopic (exact) mass is 484 g/mol. The third-order valence-electron chi connectivity index (χ3n) is 4.72. The summed E-state index contributed by atoms with van der Waals surface area (Å²) in [6.45, 7) is 4.37. The third-order valence-corrected chi connectivity index (χ3v) is 4.72. The first-order valence-electron chi connectivity index (χ1n) is 10.8. The Hall–Kier alpha value is -4.55. The second-order valence-corrected chi connectivity index (χ2v) is 7.20. The Morgan fingerprint density at radius 2 is 1.71 bits per heavy atom. The van der Waals surface area contributed by atoms with Gasteiger partial charge in [-0.05, 0) is 30.7 Å². The molecule has 1 amide bonds. The minimum atomic E-state index is -1.30. The second-order valence-electron chi connectivity index (χ2n) is 7.20. The number of anilines is 3. The van der Waals surface area contributed by atoms with Crippen LogP contribution < -0.4 is 21.7 Å². The van der Waals surface area contributed by atoms with Crippen molar-refractivity contribution < 1.29 is 24.6 Å². The van der Waals surface area contributed by atoms with Crippen molar-refractivity contribution in [1.29, 1.82) is 0 Å². The Balaban J connectivity index is 0.00000210. The SMILES string of the molecule is CC.CN(Cc1cnc2nc(N)nc(N)c2n1)c1ccc(C(=O)NC(CCC(=O)O)C(=O)O)cc1. The van der Waals surface area contributed by atoms with Crippen LogP contribution in [0.5, 0.6) is 0 Å². The van der Waals surface area contributed by atoms with E-state index in [1.54, 1.807) is 18.3 Å². The van der Waals surface area contributed by atoms with Gasteiger partial charge in [0.05, 0.1) is 18.4 Å². The number of hydrogen-bond acceptors (Lipinski definition) is 10. The van der Waals surface area contributed by atoms with Crippen LogP contribution in [0.4, 0.5) is 17.5 Å². The van der Waals surface area contributed by atoms with E-state index in [1.807, 2.05) is 25.8 Å². The summed E-state index contributed by atoms with van der Waals surface area (Å²) in [6.07, 6.45) is 0.964. The van der Waals surface area contributed by atoms with E-state index in [4.69, 9.17) is 16.6 Å². The van der Waals surface area contributed by atoms with E-state index >= 15 is 0 Å². The van der Waals surface area contributed by atoms with Crippen molar-refractivity contribution in [3.05, 3.63) is 41.7 Å². The summed E-state index contributed by atoms with van der Waals surface area (Å²) < 4.78 is 0. The lowest BCUT2D eigenvalue weighted by molar-refractivity contribution is -0.140.